The highest BCUT2D eigenvalue weighted by Crippen LogP contribution is 2.30. The molecule has 5 N–H and O–H groups in total. The number of hydrogen-bond donors (Lipinski definition) is 3. The lowest BCUT2D eigenvalue weighted by Gasteiger charge is -2.10. The molecule has 0 fully saturated rings. The van der Waals surface area contributed by atoms with Crippen LogP contribution in [0.4, 0.5) is 11.8 Å². The molecule has 122 valence electrons. The van der Waals surface area contributed by atoms with E-state index >= 15 is 0 Å². The number of rotatable bonds is 5. The average molecular weight is 323 g/mol. The van der Waals surface area contributed by atoms with E-state index in [1.165, 1.54) is 0 Å². The smallest absolute Gasteiger partial charge is 0.222 e. The topological polar surface area (TPSA) is 116 Å². The van der Waals surface area contributed by atoms with Crippen molar-refractivity contribution in [2.45, 2.75) is 6.92 Å². The zero-order chi connectivity index (χ0) is 17.1. The quantitative estimate of drug-likeness (QED) is 0.375. The van der Waals surface area contributed by atoms with Gasteiger partial charge in [-0.3, -0.25) is 4.79 Å². The van der Waals surface area contributed by atoms with Crippen LogP contribution in [-0.4, -0.2) is 22.9 Å². The number of aldehydes is 1. The van der Waals surface area contributed by atoms with Gasteiger partial charge in [0.2, 0.25) is 5.95 Å². The number of carbonyl (C=O) groups excluding carboxylic acids is 1. The lowest BCUT2D eigenvalue weighted by Crippen LogP contribution is -2.11. The molecule has 3 aromatic rings. The zero-order valence-electron chi connectivity index (χ0n) is 13.1. The monoisotopic (exact) mass is 323 g/mol. The van der Waals surface area contributed by atoms with Gasteiger partial charge in [0.1, 0.15) is 5.75 Å². The second-order valence-corrected chi connectivity index (χ2v) is 5.11. The minimum absolute atomic E-state index is 0.146. The van der Waals surface area contributed by atoms with E-state index in [-0.39, 0.29) is 5.95 Å². The number of aromatic nitrogens is 2. The molecular formula is C17H17N5O2. The maximum atomic E-state index is 11.3. The van der Waals surface area contributed by atoms with Crippen molar-refractivity contribution in [3.8, 4) is 16.9 Å². The van der Waals surface area contributed by atoms with Gasteiger partial charge in [-0.2, -0.15) is 4.98 Å². The summed E-state index contributed by atoms with van der Waals surface area (Å²) in [6, 6.07) is 11.1. The summed E-state index contributed by atoms with van der Waals surface area (Å²) >= 11 is 0. The second kappa shape index (κ2) is 6.51. The number of nitrogens with one attached hydrogen (secondary N) is 1. The van der Waals surface area contributed by atoms with Crippen molar-refractivity contribution in [2.24, 2.45) is 5.84 Å². The van der Waals surface area contributed by atoms with Gasteiger partial charge in [0.25, 0.3) is 0 Å². The first-order valence-electron chi connectivity index (χ1n) is 7.42. The molecule has 0 saturated heterocycles. The number of fused-ring (bicyclic) bond motifs is 1. The maximum Gasteiger partial charge on any atom is 0.222 e. The third kappa shape index (κ3) is 2.84. The van der Waals surface area contributed by atoms with E-state index in [2.05, 4.69) is 15.4 Å². The number of ether oxygens (including phenoxy) is 1. The molecule has 0 spiro atoms. The van der Waals surface area contributed by atoms with E-state index in [1.54, 1.807) is 12.1 Å². The van der Waals surface area contributed by atoms with E-state index in [0.29, 0.717) is 29.3 Å². The molecular weight excluding hydrogens is 306 g/mol. The first-order chi connectivity index (χ1) is 11.7. The highest BCUT2D eigenvalue weighted by molar-refractivity contribution is 5.94. The Morgan fingerprint density at radius 2 is 1.92 bits per heavy atom. The van der Waals surface area contributed by atoms with Gasteiger partial charge in [0, 0.05) is 5.39 Å². The van der Waals surface area contributed by atoms with Crippen molar-refractivity contribution in [3.05, 3.63) is 42.0 Å². The van der Waals surface area contributed by atoms with Gasteiger partial charge in [-0.15, -0.1) is 0 Å². The first-order valence-corrected chi connectivity index (χ1v) is 7.42. The van der Waals surface area contributed by atoms with Crippen molar-refractivity contribution < 1.29 is 9.53 Å². The summed E-state index contributed by atoms with van der Waals surface area (Å²) in [5, 5.41) is 0.741. The third-order valence-corrected chi connectivity index (χ3v) is 3.62. The summed E-state index contributed by atoms with van der Waals surface area (Å²) in [5.74, 6) is 6.67. The number of nitrogens with two attached hydrogens (primary N) is 2. The van der Waals surface area contributed by atoms with Crippen LogP contribution in [0.3, 0.4) is 0 Å². The molecule has 1 heterocycles. The molecule has 7 nitrogen and oxygen atoms in total. The summed E-state index contributed by atoms with van der Waals surface area (Å²) in [6.45, 7) is 2.37. The van der Waals surface area contributed by atoms with E-state index in [4.69, 9.17) is 16.3 Å². The molecule has 0 radical (unpaired) electrons. The molecule has 0 bridgehead atoms. The molecule has 0 saturated carbocycles. The molecule has 24 heavy (non-hydrogen) atoms. The van der Waals surface area contributed by atoms with Crippen LogP contribution in [0, 0.1) is 0 Å². The van der Waals surface area contributed by atoms with E-state index in [9.17, 15) is 4.79 Å². The molecule has 0 unspecified atom stereocenters. The highest BCUT2D eigenvalue weighted by atomic mass is 16.5. The molecule has 7 heteroatoms. The van der Waals surface area contributed by atoms with Crippen molar-refractivity contribution >= 4 is 29.0 Å². The van der Waals surface area contributed by atoms with Gasteiger partial charge in [-0.05, 0) is 42.3 Å². The number of hydrogen-bond acceptors (Lipinski definition) is 7. The Hall–Kier alpha value is -3.19. The van der Waals surface area contributed by atoms with Gasteiger partial charge in [-0.25, -0.2) is 10.8 Å². The van der Waals surface area contributed by atoms with E-state index < -0.39 is 0 Å². The molecule has 0 aliphatic carbocycles. The van der Waals surface area contributed by atoms with Gasteiger partial charge in [-0.1, -0.05) is 12.1 Å². The Morgan fingerprint density at radius 3 is 2.62 bits per heavy atom. The molecule has 3 rings (SSSR count). The van der Waals surface area contributed by atoms with Crippen molar-refractivity contribution in [1.29, 1.82) is 0 Å². The fraction of sp³-hybridized carbons (Fsp3) is 0.118. The van der Waals surface area contributed by atoms with Crippen LogP contribution in [0.1, 0.15) is 17.3 Å². The largest absolute Gasteiger partial charge is 0.493 e. The van der Waals surface area contributed by atoms with Crippen LogP contribution in [0.5, 0.6) is 5.75 Å². The second-order valence-electron chi connectivity index (χ2n) is 5.11. The zero-order valence-corrected chi connectivity index (χ0v) is 13.1. The maximum absolute atomic E-state index is 11.3. The molecule has 2 aromatic carbocycles. The fourth-order valence-electron chi connectivity index (χ4n) is 2.54. The molecule has 0 aliphatic heterocycles. The SMILES string of the molecule is CCOc1ccc(-c2ccc3nc(N)nc(NN)c3c2)cc1C=O. The molecule has 1 aromatic heterocycles. The van der Waals surface area contributed by atoms with Crippen LogP contribution in [0.2, 0.25) is 0 Å². The lowest BCUT2D eigenvalue weighted by atomic mass is 10.0. The van der Waals surface area contributed by atoms with Crippen LogP contribution < -0.4 is 21.7 Å². The van der Waals surface area contributed by atoms with Crippen molar-refractivity contribution in [1.82, 2.24) is 9.97 Å². The number of hydrazine groups is 1. The minimum Gasteiger partial charge on any atom is -0.493 e. The van der Waals surface area contributed by atoms with Gasteiger partial charge in [0.15, 0.2) is 12.1 Å². The lowest BCUT2D eigenvalue weighted by molar-refractivity contribution is 0.112. The van der Waals surface area contributed by atoms with Crippen molar-refractivity contribution in [2.75, 3.05) is 17.8 Å². The number of benzene rings is 2. The summed E-state index contributed by atoms with van der Waals surface area (Å²) in [7, 11) is 0. The van der Waals surface area contributed by atoms with Crippen LogP contribution >= 0.6 is 0 Å². The van der Waals surface area contributed by atoms with Gasteiger partial charge < -0.3 is 15.9 Å². The first kappa shape index (κ1) is 15.7. The Bertz CT molecular complexity index is 911. The number of anilines is 2. The normalized spacial score (nSPS) is 10.6. The van der Waals surface area contributed by atoms with Gasteiger partial charge >= 0.3 is 0 Å². The standard InChI is InChI=1S/C17H17N5O2/c1-2-24-15-6-4-10(7-12(15)9-23)11-3-5-14-13(8-11)16(22-19)21-17(18)20-14/h3-9H,2,19H2,1H3,(H3,18,20,21,22). The summed E-state index contributed by atoms with van der Waals surface area (Å²) in [6.07, 6.45) is 0.784. The Labute approximate surface area is 138 Å². The molecule has 0 amide bonds. The third-order valence-electron chi connectivity index (χ3n) is 3.62. The van der Waals surface area contributed by atoms with Crippen LogP contribution in [0.15, 0.2) is 36.4 Å². The predicted octanol–water partition coefficient (Wildman–Crippen LogP) is 2.38. The van der Waals surface area contributed by atoms with E-state index in [0.717, 1.165) is 22.8 Å². The number of nitrogens with zero attached hydrogens (tertiary/aromatic N) is 2. The Kier molecular flexibility index (Phi) is 4.26. The number of nitrogen functional groups attached to an aromatic ring is 2. The molecule has 0 aliphatic rings. The number of carbonyl (C=O) groups is 1. The average Bonchev–Trinajstić information content (AvgIpc) is 2.61. The van der Waals surface area contributed by atoms with Crippen LogP contribution in [-0.2, 0) is 0 Å². The predicted molar refractivity (Wildman–Crippen MR) is 93.8 cm³/mol. The van der Waals surface area contributed by atoms with Crippen molar-refractivity contribution in [3.63, 3.8) is 0 Å². The highest BCUT2D eigenvalue weighted by Gasteiger charge is 2.10. The minimum atomic E-state index is 0.146. The molecule has 0 atom stereocenters. The van der Waals surface area contributed by atoms with Gasteiger partial charge in [0.05, 0.1) is 17.7 Å². The summed E-state index contributed by atoms with van der Waals surface area (Å²) in [4.78, 5) is 19.6. The summed E-state index contributed by atoms with van der Waals surface area (Å²) < 4.78 is 5.45. The Morgan fingerprint density at radius 1 is 1.17 bits per heavy atom. The fourth-order valence-corrected chi connectivity index (χ4v) is 2.54. The Balaban J connectivity index is 2.12. The van der Waals surface area contributed by atoms with Crippen LogP contribution in [0.25, 0.3) is 22.0 Å². The van der Waals surface area contributed by atoms with E-state index in [1.807, 2.05) is 31.2 Å². The summed E-state index contributed by atoms with van der Waals surface area (Å²) in [5.41, 5.74) is 11.2.